The van der Waals surface area contributed by atoms with Crippen LogP contribution in [-0.4, -0.2) is 5.78 Å². The van der Waals surface area contributed by atoms with Crippen LogP contribution >= 0.6 is 22.6 Å². The first kappa shape index (κ1) is 12.6. The van der Waals surface area contributed by atoms with Crippen LogP contribution in [-0.2, 0) is 4.79 Å². The van der Waals surface area contributed by atoms with E-state index in [1.54, 1.807) is 0 Å². The summed E-state index contributed by atoms with van der Waals surface area (Å²) >= 11 is 2.09. The van der Waals surface area contributed by atoms with Crippen LogP contribution in [0.4, 0.5) is 0 Å². The van der Waals surface area contributed by atoms with E-state index in [1.165, 1.54) is 0 Å². The van der Waals surface area contributed by atoms with Gasteiger partial charge >= 0.3 is 0 Å². The third-order valence-corrected chi connectivity index (χ3v) is 3.96. The standard InChI is InChI=1S/C14H15IO2/c1-14(2)8-11(16)13(15)12(9-14)17-10-6-4-3-5-7-10/h3-7H,8-9H2,1-2H3. The summed E-state index contributed by atoms with van der Waals surface area (Å²) in [4.78, 5) is 11.9. The monoisotopic (exact) mass is 342 g/mol. The highest BCUT2D eigenvalue weighted by Gasteiger charge is 2.33. The van der Waals surface area contributed by atoms with Crippen LogP contribution in [0.25, 0.3) is 0 Å². The van der Waals surface area contributed by atoms with Crippen molar-refractivity contribution in [3.63, 3.8) is 0 Å². The zero-order valence-corrected chi connectivity index (χ0v) is 12.2. The summed E-state index contributed by atoms with van der Waals surface area (Å²) in [6.45, 7) is 4.20. The summed E-state index contributed by atoms with van der Waals surface area (Å²) in [6.07, 6.45) is 1.42. The normalized spacial score (nSPS) is 19.4. The lowest BCUT2D eigenvalue weighted by Crippen LogP contribution is -2.25. The average Bonchev–Trinajstić information content (AvgIpc) is 2.26. The molecule has 17 heavy (non-hydrogen) atoms. The fraction of sp³-hybridized carbons (Fsp3) is 0.357. The molecule has 0 spiro atoms. The fourth-order valence-corrected chi connectivity index (χ4v) is 2.45. The largest absolute Gasteiger partial charge is 0.460 e. The first-order valence-corrected chi connectivity index (χ1v) is 6.71. The van der Waals surface area contributed by atoms with E-state index in [0.717, 1.165) is 21.5 Å². The summed E-state index contributed by atoms with van der Waals surface area (Å²) in [5.74, 6) is 1.79. The topological polar surface area (TPSA) is 26.3 Å². The van der Waals surface area contributed by atoms with Gasteiger partial charge in [-0.2, -0.15) is 0 Å². The minimum Gasteiger partial charge on any atom is -0.460 e. The number of ketones is 1. The third-order valence-electron chi connectivity index (χ3n) is 2.75. The molecule has 0 radical (unpaired) electrons. The van der Waals surface area contributed by atoms with Gasteiger partial charge in [0, 0.05) is 12.8 Å². The number of carbonyl (C=O) groups is 1. The Balaban J connectivity index is 2.25. The fourth-order valence-electron chi connectivity index (χ4n) is 1.95. The minimum absolute atomic E-state index is 0.00410. The molecule has 0 unspecified atom stereocenters. The smallest absolute Gasteiger partial charge is 0.172 e. The molecule has 90 valence electrons. The van der Waals surface area contributed by atoms with Gasteiger partial charge in [0.25, 0.3) is 0 Å². The zero-order valence-electron chi connectivity index (χ0n) is 10.00. The second-order valence-electron chi connectivity index (χ2n) is 5.09. The van der Waals surface area contributed by atoms with Gasteiger partial charge in [-0.15, -0.1) is 0 Å². The summed E-state index contributed by atoms with van der Waals surface area (Å²) in [6, 6.07) is 9.62. The molecule has 0 atom stereocenters. The van der Waals surface area contributed by atoms with Crippen molar-refractivity contribution in [2.24, 2.45) is 5.41 Å². The molecule has 0 amide bonds. The van der Waals surface area contributed by atoms with E-state index < -0.39 is 0 Å². The maximum absolute atomic E-state index is 11.9. The Morgan fingerprint density at radius 2 is 1.82 bits per heavy atom. The lowest BCUT2D eigenvalue weighted by molar-refractivity contribution is -0.117. The zero-order chi connectivity index (χ0) is 12.5. The van der Waals surface area contributed by atoms with Crippen molar-refractivity contribution in [3.05, 3.63) is 39.7 Å². The Hall–Kier alpha value is -0.840. The SMILES string of the molecule is CC1(C)CC(=O)C(I)=C(Oc2ccccc2)C1. The van der Waals surface area contributed by atoms with Crippen molar-refractivity contribution in [1.82, 2.24) is 0 Å². The molecule has 3 heteroatoms. The number of rotatable bonds is 2. The van der Waals surface area contributed by atoms with Gasteiger partial charge in [0.15, 0.2) is 5.78 Å². The Morgan fingerprint density at radius 3 is 2.47 bits per heavy atom. The van der Waals surface area contributed by atoms with Gasteiger partial charge in [-0.25, -0.2) is 0 Å². The van der Waals surface area contributed by atoms with Crippen molar-refractivity contribution in [1.29, 1.82) is 0 Å². The predicted molar refractivity (Wildman–Crippen MR) is 76.1 cm³/mol. The minimum atomic E-state index is -0.00410. The predicted octanol–water partition coefficient (Wildman–Crippen LogP) is 4.10. The van der Waals surface area contributed by atoms with Crippen molar-refractivity contribution in [3.8, 4) is 5.75 Å². The molecule has 1 aliphatic rings. The van der Waals surface area contributed by atoms with E-state index in [2.05, 4.69) is 36.4 Å². The number of hydrogen-bond donors (Lipinski definition) is 0. The molecule has 0 aromatic heterocycles. The van der Waals surface area contributed by atoms with Crippen LogP contribution in [0.15, 0.2) is 39.7 Å². The van der Waals surface area contributed by atoms with E-state index in [1.807, 2.05) is 30.3 Å². The van der Waals surface area contributed by atoms with Crippen LogP contribution in [0.5, 0.6) is 5.75 Å². The lowest BCUT2D eigenvalue weighted by atomic mass is 9.79. The summed E-state index contributed by atoms with van der Waals surface area (Å²) in [7, 11) is 0. The molecule has 0 saturated carbocycles. The highest BCUT2D eigenvalue weighted by molar-refractivity contribution is 14.1. The van der Waals surface area contributed by atoms with Crippen molar-refractivity contribution >= 4 is 28.4 Å². The molecule has 0 bridgehead atoms. The molecule has 2 nitrogen and oxygen atoms in total. The summed E-state index contributed by atoms with van der Waals surface area (Å²) in [5, 5.41) is 0. The Kier molecular flexibility index (Phi) is 3.56. The molecule has 1 aromatic carbocycles. The molecular formula is C14H15IO2. The number of Topliss-reactive ketones (excluding diaryl/α,β-unsaturated/α-hetero) is 1. The van der Waals surface area contributed by atoms with Crippen LogP contribution in [0.1, 0.15) is 26.7 Å². The summed E-state index contributed by atoms with van der Waals surface area (Å²) < 4.78 is 6.57. The number of benzene rings is 1. The van der Waals surface area contributed by atoms with Crippen molar-refractivity contribution in [2.75, 3.05) is 0 Å². The molecule has 0 heterocycles. The summed E-state index contributed by atoms with van der Waals surface area (Å²) in [5.41, 5.74) is -0.00410. The Morgan fingerprint density at radius 1 is 1.18 bits per heavy atom. The number of ether oxygens (including phenoxy) is 1. The molecular weight excluding hydrogens is 327 g/mol. The van der Waals surface area contributed by atoms with Gasteiger partial charge in [0.2, 0.25) is 0 Å². The second kappa shape index (κ2) is 4.80. The Labute approximate surface area is 115 Å². The van der Waals surface area contributed by atoms with E-state index in [0.29, 0.717) is 6.42 Å². The average molecular weight is 342 g/mol. The molecule has 2 rings (SSSR count). The number of allylic oxidation sites excluding steroid dienone is 2. The quantitative estimate of drug-likeness (QED) is 0.757. The highest BCUT2D eigenvalue weighted by atomic mass is 127. The van der Waals surface area contributed by atoms with Crippen LogP contribution in [0.3, 0.4) is 0 Å². The number of hydrogen-bond acceptors (Lipinski definition) is 2. The van der Waals surface area contributed by atoms with E-state index in [9.17, 15) is 4.79 Å². The van der Waals surface area contributed by atoms with Gasteiger partial charge in [-0.1, -0.05) is 32.0 Å². The van der Waals surface area contributed by atoms with Crippen LogP contribution in [0, 0.1) is 5.41 Å². The maximum Gasteiger partial charge on any atom is 0.172 e. The van der Waals surface area contributed by atoms with Crippen LogP contribution < -0.4 is 4.74 Å². The number of carbonyl (C=O) groups excluding carboxylic acids is 1. The second-order valence-corrected chi connectivity index (χ2v) is 6.17. The molecule has 1 aliphatic carbocycles. The van der Waals surface area contributed by atoms with Crippen molar-refractivity contribution < 1.29 is 9.53 Å². The molecule has 1 aromatic rings. The maximum atomic E-state index is 11.9. The van der Waals surface area contributed by atoms with Crippen molar-refractivity contribution in [2.45, 2.75) is 26.7 Å². The first-order chi connectivity index (χ1) is 7.98. The highest BCUT2D eigenvalue weighted by Crippen LogP contribution is 2.39. The van der Waals surface area contributed by atoms with Gasteiger partial charge in [0.1, 0.15) is 11.5 Å². The van der Waals surface area contributed by atoms with E-state index in [4.69, 9.17) is 4.74 Å². The molecule has 0 aliphatic heterocycles. The molecule has 0 saturated heterocycles. The van der Waals surface area contributed by atoms with Gasteiger partial charge in [-0.3, -0.25) is 4.79 Å². The Bertz CT molecular complexity index is 460. The van der Waals surface area contributed by atoms with Gasteiger partial charge in [0.05, 0.1) is 3.58 Å². The van der Waals surface area contributed by atoms with Gasteiger partial charge in [-0.05, 0) is 40.1 Å². The van der Waals surface area contributed by atoms with Gasteiger partial charge < -0.3 is 4.74 Å². The third kappa shape index (κ3) is 3.09. The number of halogens is 1. The van der Waals surface area contributed by atoms with E-state index in [-0.39, 0.29) is 11.2 Å². The molecule has 0 fully saturated rings. The van der Waals surface area contributed by atoms with E-state index >= 15 is 0 Å². The van der Waals surface area contributed by atoms with Crippen LogP contribution in [0.2, 0.25) is 0 Å². The lowest BCUT2D eigenvalue weighted by Gasteiger charge is -2.30. The first-order valence-electron chi connectivity index (χ1n) is 5.63. The molecule has 0 N–H and O–H groups in total. The number of para-hydroxylation sites is 1.